The third-order valence-corrected chi connectivity index (χ3v) is 6.58. The Morgan fingerprint density at radius 1 is 1.33 bits per heavy atom. The number of hydrogen-bond donors (Lipinski definition) is 2. The van der Waals surface area contributed by atoms with E-state index in [0.717, 1.165) is 28.0 Å². The maximum atomic E-state index is 12.9. The van der Waals surface area contributed by atoms with Gasteiger partial charge in [0.25, 0.3) is 5.91 Å². The van der Waals surface area contributed by atoms with Crippen molar-refractivity contribution in [2.75, 3.05) is 19.6 Å². The molecule has 2 aromatic heterocycles. The van der Waals surface area contributed by atoms with Crippen LogP contribution in [0, 0.1) is 12.8 Å². The number of H-pyrrole nitrogens is 1. The molecule has 3 saturated heterocycles. The summed E-state index contributed by atoms with van der Waals surface area (Å²) in [4.78, 5) is 21.0. The number of nitrogens with zero attached hydrogens (tertiary/aromatic N) is 3. The van der Waals surface area contributed by atoms with Crippen molar-refractivity contribution in [3.8, 4) is 10.6 Å². The zero-order valence-electron chi connectivity index (χ0n) is 15.1. The second kappa shape index (κ2) is 7.22. The number of aryl methyl sites for hydroxylation is 1. The number of fused-ring (bicyclic) bond motifs is 4. The summed E-state index contributed by atoms with van der Waals surface area (Å²) in [5, 5.41) is 12.3. The van der Waals surface area contributed by atoms with Gasteiger partial charge in [-0.25, -0.2) is 4.98 Å². The molecule has 2 N–H and O–H groups in total. The number of piperidine rings is 3. The first-order valence-electron chi connectivity index (χ1n) is 9.11. The molecular formula is C19H22ClN5OS. The van der Waals surface area contributed by atoms with E-state index in [-0.39, 0.29) is 24.4 Å². The van der Waals surface area contributed by atoms with E-state index < -0.39 is 0 Å². The van der Waals surface area contributed by atoms with Crippen LogP contribution in [0.4, 0.5) is 0 Å². The molecule has 6 rings (SSSR count). The predicted octanol–water partition coefficient (Wildman–Crippen LogP) is 3.24. The highest BCUT2D eigenvalue weighted by Crippen LogP contribution is 2.30. The number of amides is 1. The summed E-state index contributed by atoms with van der Waals surface area (Å²) in [6, 6.07) is 6.25. The van der Waals surface area contributed by atoms with Gasteiger partial charge >= 0.3 is 0 Å². The fourth-order valence-electron chi connectivity index (χ4n) is 4.17. The number of aromatic nitrogens is 3. The molecule has 6 nitrogen and oxygen atoms in total. The third-order valence-electron chi connectivity index (χ3n) is 5.62. The third kappa shape index (κ3) is 3.35. The number of hydrogen-bond acceptors (Lipinski definition) is 5. The van der Waals surface area contributed by atoms with Gasteiger partial charge in [0.05, 0.1) is 5.52 Å². The molecule has 27 heavy (non-hydrogen) atoms. The minimum Gasteiger partial charge on any atom is -0.346 e. The minimum absolute atomic E-state index is 0. The molecule has 3 fully saturated rings. The van der Waals surface area contributed by atoms with Gasteiger partial charge in [0.1, 0.15) is 5.01 Å². The van der Waals surface area contributed by atoms with Gasteiger partial charge in [0.15, 0.2) is 5.69 Å². The Labute approximate surface area is 167 Å². The molecule has 0 saturated carbocycles. The van der Waals surface area contributed by atoms with Gasteiger partial charge in [-0.05, 0) is 57.0 Å². The first-order valence-corrected chi connectivity index (χ1v) is 9.93. The van der Waals surface area contributed by atoms with Crippen LogP contribution in [0.5, 0.6) is 0 Å². The second-order valence-electron chi connectivity index (χ2n) is 7.33. The smallest absolute Gasteiger partial charge is 0.272 e. The largest absolute Gasteiger partial charge is 0.346 e. The molecule has 8 heteroatoms. The summed E-state index contributed by atoms with van der Waals surface area (Å²) in [6.45, 7) is 5.34. The molecular weight excluding hydrogens is 382 g/mol. The molecule has 0 aliphatic carbocycles. The highest BCUT2D eigenvalue weighted by atomic mass is 35.5. The molecule has 0 unspecified atom stereocenters. The molecule has 3 aliphatic rings. The van der Waals surface area contributed by atoms with E-state index in [0.29, 0.717) is 11.6 Å². The lowest BCUT2D eigenvalue weighted by molar-refractivity contribution is 0.0618. The van der Waals surface area contributed by atoms with Crippen LogP contribution in [-0.4, -0.2) is 51.7 Å². The molecule has 142 valence electrons. The van der Waals surface area contributed by atoms with Crippen LogP contribution in [0.25, 0.3) is 21.5 Å². The van der Waals surface area contributed by atoms with Gasteiger partial charge in [0, 0.05) is 34.6 Å². The molecule has 2 bridgehead atoms. The Hall–Kier alpha value is -1.96. The van der Waals surface area contributed by atoms with Crippen LogP contribution in [0.2, 0.25) is 0 Å². The van der Waals surface area contributed by atoms with E-state index >= 15 is 0 Å². The Morgan fingerprint density at radius 3 is 2.81 bits per heavy atom. The highest BCUT2D eigenvalue weighted by Gasteiger charge is 2.35. The van der Waals surface area contributed by atoms with Crippen LogP contribution in [0.1, 0.15) is 28.2 Å². The summed E-state index contributed by atoms with van der Waals surface area (Å²) in [7, 11) is 0. The first kappa shape index (κ1) is 18.4. The first-order chi connectivity index (χ1) is 12.7. The number of rotatable bonds is 3. The summed E-state index contributed by atoms with van der Waals surface area (Å²) < 4.78 is 0. The van der Waals surface area contributed by atoms with Crippen molar-refractivity contribution in [1.82, 2.24) is 25.4 Å². The van der Waals surface area contributed by atoms with E-state index in [1.807, 2.05) is 31.3 Å². The van der Waals surface area contributed by atoms with Crippen LogP contribution in [0.15, 0.2) is 24.4 Å². The molecule has 1 atom stereocenters. The SMILES string of the molecule is Cc1cnc(-c2ccc3[nH]nc(C(=O)N[C@@H]4CN5CCC4CC5)c3c2)s1.Cl. The average Bonchev–Trinajstić information content (AvgIpc) is 3.28. The maximum absolute atomic E-state index is 12.9. The number of thiazole rings is 1. The van der Waals surface area contributed by atoms with E-state index in [1.165, 1.54) is 30.8 Å². The van der Waals surface area contributed by atoms with Crippen molar-refractivity contribution in [2.24, 2.45) is 5.92 Å². The van der Waals surface area contributed by atoms with Crippen LogP contribution in [0.3, 0.4) is 0 Å². The topological polar surface area (TPSA) is 73.9 Å². The Balaban J connectivity index is 0.00000180. The molecule has 5 heterocycles. The van der Waals surface area contributed by atoms with Gasteiger partial charge < -0.3 is 10.2 Å². The molecule has 3 aliphatic heterocycles. The fraction of sp³-hybridized carbons (Fsp3) is 0.421. The Kier molecular flexibility index (Phi) is 4.92. The van der Waals surface area contributed by atoms with Gasteiger partial charge in [-0.1, -0.05) is 0 Å². The van der Waals surface area contributed by atoms with Crippen molar-refractivity contribution in [1.29, 1.82) is 0 Å². The van der Waals surface area contributed by atoms with Crippen LogP contribution >= 0.6 is 23.7 Å². The van der Waals surface area contributed by atoms with Crippen LogP contribution < -0.4 is 5.32 Å². The average molecular weight is 404 g/mol. The van der Waals surface area contributed by atoms with E-state index in [9.17, 15) is 4.79 Å². The lowest BCUT2D eigenvalue weighted by Crippen LogP contribution is -2.57. The summed E-state index contributed by atoms with van der Waals surface area (Å²) in [5.74, 6) is 0.519. The maximum Gasteiger partial charge on any atom is 0.272 e. The van der Waals surface area contributed by atoms with Gasteiger partial charge in [-0.3, -0.25) is 9.89 Å². The van der Waals surface area contributed by atoms with Gasteiger partial charge in [-0.15, -0.1) is 23.7 Å². The number of aromatic amines is 1. The fourth-order valence-corrected chi connectivity index (χ4v) is 4.93. The standard InChI is InChI=1S/C19H21N5OS.ClH/c1-11-9-20-19(26-11)13-2-3-15-14(8-13)17(23-22-15)18(25)21-16-10-24-6-4-12(16)5-7-24;/h2-3,8-9,12,16H,4-7,10H2,1H3,(H,21,25)(H,22,23);1H/t16-;/m1./s1. The molecule has 0 radical (unpaired) electrons. The number of carbonyl (C=O) groups excluding carboxylic acids is 1. The van der Waals surface area contributed by atoms with Crippen molar-refractivity contribution in [3.63, 3.8) is 0 Å². The van der Waals surface area contributed by atoms with Crippen LogP contribution in [-0.2, 0) is 0 Å². The molecule has 1 amide bonds. The van der Waals surface area contributed by atoms with E-state index in [1.54, 1.807) is 11.3 Å². The summed E-state index contributed by atoms with van der Waals surface area (Å²) in [5.41, 5.74) is 2.38. The van der Waals surface area contributed by atoms with E-state index in [4.69, 9.17) is 0 Å². The zero-order chi connectivity index (χ0) is 17.7. The molecule has 3 aromatic rings. The quantitative estimate of drug-likeness (QED) is 0.704. The normalized spacial score (nSPS) is 24.0. The van der Waals surface area contributed by atoms with Crippen molar-refractivity contribution in [3.05, 3.63) is 35.0 Å². The number of nitrogens with one attached hydrogen (secondary N) is 2. The number of benzene rings is 1. The Morgan fingerprint density at radius 2 is 2.15 bits per heavy atom. The molecule has 1 aromatic carbocycles. The second-order valence-corrected chi connectivity index (χ2v) is 8.56. The lowest BCUT2D eigenvalue weighted by atomic mass is 9.84. The van der Waals surface area contributed by atoms with Crippen molar-refractivity contribution < 1.29 is 4.79 Å². The predicted molar refractivity (Wildman–Crippen MR) is 110 cm³/mol. The monoisotopic (exact) mass is 403 g/mol. The van der Waals surface area contributed by atoms with Crippen molar-refractivity contribution >= 4 is 40.6 Å². The summed E-state index contributed by atoms with van der Waals surface area (Å²) >= 11 is 1.66. The number of carbonyl (C=O) groups is 1. The summed E-state index contributed by atoms with van der Waals surface area (Å²) in [6.07, 6.45) is 4.24. The van der Waals surface area contributed by atoms with Gasteiger partial charge in [-0.2, -0.15) is 5.10 Å². The Bertz CT molecular complexity index is 976. The number of halogens is 1. The van der Waals surface area contributed by atoms with E-state index in [2.05, 4.69) is 25.4 Å². The lowest BCUT2D eigenvalue weighted by Gasteiger charge is -2.44. The minimum atomic E-state index is -0.0810. The molecule has 0 spiro atoms. The van der Waals surface area contributed by atoms with Gasteiger partial charge in [0.2, 0.25) is 0 Å². The van der Waals surface area contributed by atoms with Crippen molar-refractivity contribution in [2.45, 2.75) is 25.8 Å². The highest BCUT2D eigenvalue weighted by molar-refractivity contribution is 7.14. The zero-order valence-corrected chi connectivity index (χ0v) is 16.7.